The van der Waals surface area contributed by atoms with Crippen molar-refractivity contribution in [1.29, 1.82) is 0 Å². The van der Waals surface area contributed by atoms with Crippen LogP contribution in [0.25, 0.3) is 10.9 Å². The maximum Gasteiger partial charge on any atom is 0.343 e. The highest BCUT2D eigenvalue weighted by Crippen LogP contribution is 2.37. The summed E-state index contributed by atoms with van der Waals surface area (Å²) in [7, 11) is 0. The van der Waals surface area contributed by atoms with Crippen molar-refractivity contribution in [2.45, 2.75) is 13.3 Å². The van der Waals surface area contributed by atoms with Crippen molar-refractivity contribution < 1.29 is 19.4 Å². The van der Waals surface area contributed by atoms with E-state index >= 15 is 0 Å². The number of carbonyl (C=O) groups excluding carboxylic acids is 1. The summed E-state index contributed by atoms with van der Waals surface area (Å²) in [4.78, 5) is 15.9. The number of ether oxygens (including phenoxy) is 2. The van der Waals surface area contributed by atoms with E-state index in [0.29, 0.717) is 23.3 Å². The number of nitrogens with zero attached hydrogens (tertiary/aromatic N) is 1. The molecule has 0 fully saturated rings. The van der Waals surface area contributed by atoms with Gasteiger partial charge in [-0.25, -0.2) is 4.79 Å². The van der Waals surface area contributed by atoms with Crippen LogP contribution in [0.2, 0.25) is 0 Å². The Hall–Kier alpha value is -2.30. The molecule has 98 valence electrons. The molecule has 1 aromatic heterocycles. The van der Waals surface area contributed by atoms with Gasteiger partial charge < -0.3 is 14.6 Å². The van der Waals surface area contributed by atoms with Crippen LogP contribution >= 0.6 is 0 Å². The van der Waals surface area contributed by atoms with E-state index < -0.39 is 5.97 Å². The highest BCUT2D eigenvalue weighted by atomic mass is 16.5. The minimum absolute atomic E-state index is 0.0762. The standard InChI is InChI=1S/C14H13NO4/c1-2-18-14(17)10-7-15-11-9(12(10)16)4-3-8-5-6-19-13(8)11/h3-4,7H,2,5-6H2,1H3,(H,15,16). The Balaban J connectivity index is 2.18. The minimum atomic E-state index is -0.573. The molecule has 2 heterocycles. The van der Waals surface area contributed by atoms with Crippen LogP contribution in [0.4, 0.5) is 0 Å². The van der Waals surface area contributed by atoms with Crippen molar-refractivity contribution in [3.05, 3.63) is 29.5 Å². The second kappa shape index (κ2) is 4.42. The maximum atomic E-state index is 11.7. The zero-order valence-corrected chi connectivity index (χ0v) is 10.5. The Morgan fingerprint density at radius 3 is 3.16 bits per heavy atom. The molecule has 0 saturated carbocycles. The molecule has 5 heteroatoms. The lowest BCUT2D eigenvalue weighted by atomic mass is 10.1. The van der Waals surface area contributed by atoms with Crippen LogP contribution in [-0.2, 0) is 11.2 Å². The van der Waals surface area contributed by atoms with Crippen molar-refractivity contribution >= 4 is 16.9 Å². The van der Waals surface area contributed by atoms with E-state index in [0.717, 1.165) is 12.0 Å². The van der Waals surface area contributed by atoms with Crippen LogP contribution in [0.1, 0.15) is 22.8 Å². The van der Waals surface area contributed by atoms with E-state index in [4.69, 9.17) is 9.47 Å². The van der Waals surface area contributed by atoms with Crippen molar-refractivity contribution in [2.24, 2.45) is 0 Å². The molecular formula is C14H13NO4. The van der Waals surface area contributed by atoms with Gasteiger partial charge in [0.15, 0.2) is 0 Å². The SMILES string of the molecule is CCOC(=O)c1cnc2c3c(ccc2c1O)CCO3. The summed E-state index contributed by atoms with van der Waals surface area (Å²) in [6.07, 6.45) is 2.17. The first-order valence-corrected chi connectivity index (χ1v) is 6.16. The summed E-state index contributed by atoms with van der Waals surface area (Å²) >= 11 is 0. The summed E-state index contributed by atoms with van der Waals surface area (Å²) in [6, 6.07) is 3.65. The van der Waals surface area contributed by atoms with Gasteiger partial charge in [0.1, 0.15) is 22.6 Å². The van der Waals surface area contributed by atoms with Crippen molar-refractivity contribution in [3.63, 3.8) is 0 Å². The van der Waals surface area contributed by atoms with Crippen LogP contribution in [0, 0.1) is 0 Å². The number of benzene rings is 1. The molecule has 0 saturated heterocycles. The summed E-state index contributed by atoms with van der Waals surface area (Å²) in [5.74, 6) is 0.0146. The van der Waals surface area contributed by atoms with Gasteiger partial charge in [0, 0.05) is 18.0 Å². The number of hydrogen-bond acceptors (Lipinski definition) is 5. The maximum absolute atomic E-state index is 11.7. The van der Waals surface area contributed by atoms with Crippen LogP contribution in [0.3, 0.4) is 0 Å². The quantitative estimate of drug-likeness (QED) is 0.836. The van der Waals surface area contributed by atoms with Crippen molar-refractivity contribution in [1.82, 2.24) is 4.98 Å². The third kappa shape index (κ3) is 1.78. The van der Waals surface area contributed by atoms with Gasteiger partial charge in [-0.2, -0.15) is 0 Å². The first-order chi connectivity index (χ1) is 9.22. The molecule has 0 spiro atoms. The molecule has 1 aliphatic heterocycles. The summed E-state index contributed by atoms with van der Waals surface area (Å²) in [5, 5.41) is 10.7. The third-order valence-corrected chi connectivity index (χ3v) is 3.16. The van der Waals surface area contributed by atoms with Gasteiger partial charge >= 0.3 is 5.97 Å². The normalized spacial score (nSPS) is 13.1. The number of aromatic hydroxyl groups is 1. The largest absolute Gasteiger partial charge is 0.506 e. The Labute approximate surface area is 109 Å². The van der Waals surface area contributed by atoms with Gasteiger partial charge in [-0.1, -0.05) is 6.07 Å². The van der Waals surface area contributed by atoms with Crippen LogP contribution in [-0.4, -0.2) is 29.3 Å². The van der Waals surface area contributed by atoms with E-state index in [2.05, 4.69) is 4.98 Å². The first kappa shape index (κ1) is 11.8. The summed E-state index contributed by atoms with van der Waals surface area (Å²) in [5.41, 5.74) is 1.73. The van der Waals surface area contributed by atoms with E-state index in [1.54, 1.807) is 13.0 Å². The topological polar surface area (TPSA) is 68.7 Å². The smallest absolute Gasteiger partial charge is 0.343 e. The molecule has 1 aromatic carbocycles. The second-order valence-electron chi connectivity index (χ2n) is 4.29. The highest BCUT2D eigenvalue weighted by Gasteiger charge is 2.21. The molecule has 3 rings (SSSR count). The van der Waals surface area contributed by atoms with E-state index in [9.17, 15) is 9.90 Å². The fourth-order valence-corrected chi connectivity index (χ4v) is 2.25. The first-order valence-electron chi connectivity index (χ1n) is 6.16. The number of esters is 1. The number of carbonyl (C=O) groups is 1. The zero-order valence-electron chi connectivity index (χ0n) is 10.5. The van der Waals surface area contributed by atoms with Gasteiger partial charge in [0.05, 0.1) is 13.2 Å². The number of rotatable bonds is 2. The third-order valence-electron chi connectivity index (χ3n) is 3.16. The van der Waals surface area contributed by atoms with E-state index in [-0.39, 0.29) is 17.9 Å². The predicted octanol–water partition coefficient (Wildman–Crippen LogP) is 2.05. The van der Waals surface area contributed by atoms with Crippen LogP contribution < -0.4 is 4.74 Å². The summed E-state index contributed by atoms with van der Waals surface area (Å²) < 4.78 is 10.4. The number of fused-ring (bicyclic) bond motifs is 3. The molecular weight excluding hydrogens is 246 g/mol. The zero-order chi connectivity index (χ0) is 13.4. The Bertz CT molecular complexity index is 666. The molecule has 5 nitrogen and oxygen atoms in total. The molecule has 0 aliphatic carbocycles. The Kier molecular flexibility index (Phi) is 2.74. The average molecular weight is 259 g/mol. The molecule has 0 bridgehead atoms. The minimum Gasteiger partial charge on any atom is -0.506 e. The van der Waals surface area contributed by atoms with Crippen LogP contribution in [0.15, 0.2) is 18.3 Å². The number of aromatic nitrogens is 1. The second-order valence-corrected chi connectivity index (χ2v) is 4.29. The molecule has 1 aliphatic rings. The average Bonchev–Trinajstić information content (AvgIpc) is 2.87. The molecule has 19 heavy (non-hydrogen) atoms. The monoisotopic (exact) mass is 259 g/mol. The van der Waals surface area contributed by atoms with Crippen molar-refractivity contribution in [2.75, 3.05) is 13.2 Å². The van der Waals surface area contributed by atoms with Gasteiger partial charge in [0.2, 0.25) is 0 Å². The lowest BCUT2D eigenvalue weighted by Gasteiger charge is -2.09. The molecule has 1 N–H and O–H groups in total. The predicted molar refractivity (Wildman–Crippen MR) is 68.6 cm³/mol. The summed E-state index contributed by atoms with van der Waals surface area (Å²) in [6.45, 7) is 2.59. The highest BCUT2D eigenvalue weighted by molar-refractivity contribution is 6.01. The van der Waals surface area contributed by atoms with Crippen molar-refractivity contribution in [3.8, 4) is 11.5 Å². The fourth-order valence-electron chi connectivity index (χ4n) is 2.25. The van der Waals surface area contributed by atoms with Gasteiger partial charge in [0.25, 0.3) is 0 Å². The molecule has 0 atom stereocenters. The molecule has 2 aromatic rings. The van der Waals surface area contributed by atoms with Gasteiger partial charge in [-0.15, -0.1) is 0 Å². The van der Waals surface area contributed by atoms with E-state index in [1.165, 1.54) is 6.20 Å². The lowest BCUT2D eigenvalue weighted by Crippen LogP contribution is -2.05. The number of hydrogen-bond donors (Lipinski definition) is 1. The lowest BCUT2D eigenvalue weighted by molar-refractivity contribution is 0.0523. The molecule has 0 unspecified atom stereocenters. The molecule has 0 radical (unpaired) electrons. The van der Waals surface area contributed by atoms with Gasteiger partial charge in [-0.3, -0.25) is 4.98 Å². The van der Waals surface area contributed by atoms with Crippen LogP contribution in [0.5, 0.6) is 11.5 Å². The fraction of sp³-hybridized carbons (Fsp3) is 0.286. The Morgan fingerprint density at radius 2 is 2.37 bits per heavy atom. The van der Waals surface area contributed by atoms with Gasteiger partial charge in [-0.05, 0) is 18.6 Å². The van der Waals surface area contributed by atoms with E-state index in [1.807, 2.05) is 6.07 Å². The molecule has 0 amide bonds. The number of pyridine rings is 1. The Morgan fingerprint density at radius 1 is 1.53 bits per heavy atom.